The van der Waals surface area contributed by atoms with Crippen LogP contribution >= 0.6 is 7.82 Å². The van der Waals surface area contributed by atoms with Gasteiger partial charge in [0, 0.05) is 16.5 Å². The topological polar surface area (TPSA) is 77.8 Å². The normalized spacial score (nSPS) is 7.38. The van der Waals surface area contributed by atoms with Crippen molar-refractivity contribution in [3.05, 3.63) is 0 Å². The summed E-state index contributed by atoms with van der Waals surface area (Å²) in [5.74, 6) is 0. The quantitative estimate of drug-likeness (QED) is 0.261. The predicted molar refractivity (Wildman–Crippen MR) is 16.5 cm³/mol. The molecule has 8 heteroatoms. The maximum Gasteiger partial charge on any atom is 1.00 e. The molecule has 0 aliphatic heterocycles. The molecule has 0 saturated heterocycles. The van der Waals surface area contributed by atoms with Gasteiger partial charge in [-0.05, 0) is 0 Å². The van der Waals surface area contributed by atoms with Crippen LogP contribution in [0.3, 0.4) is 0 Å². The van der Waals surface area contributed by atoms with Crippen molar-refractivity contribution in [3.63, 3.8) is 0 Å². The summed E-state index contributed by atoms with van der Waals surface area (Å²) >= 11 is 0. The Morgan fingerprint density at radius 2 is 1.25 bits per heavy atom. The molecule has 0 unspecified atom stereocenters. The van der Waals surface area contributed by atoms with Crippen LogP contribution in [0.1, 0.15) is 2.85 Å². The fourth-order valence-corrected chi connectivity index (χ4v) is 0. The van der Waals surface area contributed by atoms with Crippen LogP contribution in [0.4, 0.5) is 0 Å². The Bertz CT molecular complexity index is 69.4. The third kappa shape index (κ3) is 87.8. The van der Waals surface area contributed by atoms with Crippen molar-refractivity contribution < 1.29 is 87.0 Å². The van der Waals surface area contributed by atoms with E-state index >= 15 is 0 Å². The molecule has 0 aromatic rings. The van der Waals surface area contributed by atoms with E-state index in [2.05, 4.69) is 0 Å². The molecule has 0 fully saturated rings. The van der Waals surface area contributed by atoms with E-state index in [-0.39, 0.29) is 67.8 Å². The maximum atomic E-state index is 8.88. The monoisotopic (exact) mass is 188 g/mol. The van der Waals surface area contributed by atoms with Gasteiger partial charge >= 0.3 is 56.2 Å². The molecule has 0 aliphatic carbocycles. The minimum atomic E-state index is -4.64. The number of phosphoric acid groups is 1. The Morgan fingerprint density at radius 1 is 1.25 bits per heavy atom. The molecule has 0 aromatic heterocycles. The van der Waals surface area contributed by atoms with Gasteiger partial charge in [-0.3, -0.25) is 0 Å². The molecule has 0 aliphatic rings. The Balaban J connectivity index is -0.00000000800. The second kappa shape index (κ2) is 9.20. The SMILES string of the molecule is O=P(O)(O)O.[H-].[H-].[Li+].[Na+].[Ni]. The van der Waals surface area contributed by atoms with E-state index in [0.717, 1.165) is 0 Å². The van der Waals surface area contributed by atoms with Crippen molar-refractivity contribution in [3.8, 4) is 0 Å². The first-order valence-corrected chi connectivity index (χ1v) is 2.35. The van der Waals surface area contributed by atoms with Crippen LogP contribution in [0.25, 0.3) is 0 Å². The van der Waals surface area contributed by atoms with Gasteiger partial charge in [-0.15, -0.1) is 0 Å². The first kappa shape index (κ1) is 22.5. The van der Waals surface area contributed by atoms with E-state index in [1.807, 2.05) is 0 Å². The van der Waals surface area contributed by atoms with Crippen LogP contribution in [0, 0.1) is 0 Å². The second-order valence-electron chi connectivity index (χ2n) is 0.513. The average Bonchev–Trinajstić information content (AvgIpc) is 0.722. The molecule has 46 valence electrons. The van der Waals surface area contributed by atoms with E-state index in [0.29, 0.717) is 0 Å². The Labute approximate surface area is 94.0 Å². The van der Waals surface area contributed by atoms with Gasteiger partial charge in [0.05, 0.1) is 0 Å². The van der Waals surface area contributed by atoms with E-state index in [1.54, 1.807) is 0 Å². The summed E-state index contributed by atoms with van der Waals surface area (Å²) in [6, 6.07) is 0. The first-order valence-electron chi connectivity index (χ1n) is 0.783. The largest absolute Gasteiger partial charge is 1.00 e. The Morgan fingerprint density at radius 3 is 1.25 bits per heavy atom. The molecule has 0 aromatic carbocycles. The van der Waals surface area contributed by atoms with Crippen molar-refractivity contribution in [1.82, 2.24) is 0 Å². The van der Waals surface area contributed by atoms with Gasteiger partial charge in [-0.1, -0.05) is 0 Å². The van der Waals surface area contributed by atoms with Crippen molar-refractivity contribution in [2.45, 2.75) is 0 Å². The molecule has 8 heavy (non-hydrogen) atoms. The average molecular weight is 189 g/mol. The van der Waals surface area contributed by atoms with Gasteiger partial charge in [0.25, 0.3) is 0 Å². The summed E-state index contributed by atoms with van der Waals surface area (Å²) < 4.78 is 8.88. The zero-order valence-corrected chi connectivity index (χ0v) is 8.40. The fraction of sp³-hybridized carbons (Fsp3) is 0. The van der Waals surface area contributed by atoms with Gasteiger partial charge in [-0.2, -0.15) is 0 Å². The zero-order chi connectivity index (χ0) is 4.50. The van der Waals surface area contributed by atoms with Crippen molar-refractivity contribution in [1.29, 1.82) is 0 Å². The molecule has 0 spiro atoms. The van der Waals surface area contributed by atoms with E-state index in [4.69, 9.17) is 19.2 Å². The Hall–Kier alpha value is 2.20. The summed E-state index contributed by atoms with van der Waals surface area (Å²) in [6.45, 7) is 0. The number of hydrogen-bond acceptors (Lipinski definition) is 1. The van der Waals surface area contributed by atoms with Crippen LogP contribution in [0.15, 0.2) is 0 Å². The second-order valence-corrected chi connectivity index (χ2v) is 1.54. The summed E-state index contributed by atoms with van der Waals surface area (Å²) in [6.07, 6.45) is 0. The first-order chi connectivity index (χ1) is 2.00. The molecule has 0 amide bonds. The minimum absolute atomic E-state index is 0. The summed E-state index contributed by atoms with van der Waals surface area (Å²) in [5.41, 5.74) is 0. The van der Waals surface area contributed by atoms with Crippen LogP contribution in [-0.4, -0.2) is 14.7 Å². The van der Waals surface area contributed by atoms with Gasteiger partial charge in [0.2, 0.25) is 0 Å². The molecule has 0 bridgehead atoms. The van der Waals surface area contributed by atoms with Crippen molar-refractivity contribution in [2.75, 3.05) is 0 Å². The fourth-order valence-electron chi connectivity index (χ4n) is 0. The third-order valence-electron chi connectivity index (χ3n) is 0. The zero-order valence-electron chi connectivity index (χ0n) is 6.51. The molecular weight excluding hydrogens is 184 g/mol. The van der Waals surface area contributed by atoms with Gasteiger partial charge in [-0.25, -0.2) is 4.57 Å². The minimum Gasteiger partial charge on any atom is -1.00 e. The predicted octanol–water partition coefficient (Wildman–Crippen LogP) is -6.70. The van der Waals surface area contributed by atoms with E-state index in [9.17, 15) is 0 Å². The number of rotatable bonds is 0. The molecule has 0 atom stereocenters. The molecule has 4 nitrogen and oxygen atoms in total. The van der Waals surface area contributed by atoms with Crippen molar-refractivity contribution >= 4 is 7.82 Å². The standard InChI is InChI=1S/Li.Na.Ni.H3O4P.2H/c;;;1-5(2,3)4;;/h;;;(H3,1,2,3,4);;/q2*+1;;;2*-1. The molecule has 0 rings (SSSR count). The molecular formula is H5LiNaNiO4P. The van der Waals surface area contributed by atoms with E-state index < -0.39 is 7.82 Å². The van der Waals surface area contributed by atoms with Gasteiger partial charge < -0.3 is 17.5 Å². The van der Waals surface area contributed by atoms with Gasteiger partial charge in [0.15, 0.2) is 0 Å². The van der Waals surface area contributed by atoms with Crippen LogP contribution in [-0.2, 0) is 21.1 Å². The Kier molecular flexibility index (Phi) is 25.8. The summed E-state index contributed by atoms with van der Waals surface area (Å²) in [5, 5.41) is 0. The summed E-state index contributed by atoms with van der Waals surface area (Å²) in [7, 11) is -4.64. The van der Waals surface area contributed by atoms with E-state index in [1.165, 1.54) is 0 Å². The molecule has 0 heterocycles. The number of hydrogen-bond donors (Lipinski definition) is 3. The van der Waals surface area contributed by atoms with Crippen LogP contribution in [0.5, 0.6) is 0 Å². The van der Waals surface area contributed by atoms with Crippen LogP contribution in [0.2, 0.25) is 0 Å². The van der Waals surface area contributed by atoms with Crippen molar-refractivity contribution in [2.24, 2.45) is 0 Å². The molecule has 0 radical (unpaired) electrons. The third-order valence-corrected chi connectivity index (χ3v) is 0. The molecule has 3 N–H and O–H groups in total. The molecule has 0 saturated carbocycles. The van der Waals surface area contributed by atoms with Crippen LogP contribution < -0.4 is 48.4 Å². The summed E-state index contributed by atoms with van der Waals surface area (Å²) in [4.78, 5) is 21.6. The maximum absolute atomic E-state index is 8.88. The smallest absolute Gasteiger partial charge is 1.00 e. The van der Waals surface area contributed by atoms with Gasteiger partial charge in [0.1, 0.15) is 0 Å².